The fourth-order valence-electron chi connectivity index (χ4n) is 2.67. The molecule has 1 aromatic rings. The van der Waals surface area contributed by atoms with Gasteiger partial charge >= 0.3 is 0 Å². The smallest absolute Gasteiger partial charge is 0.255 e. The maximum Gasteiger partial charge on any atom is 0.255 e. The second-order valence-electron chi connectivity index (χ2n) is 5.73. The van der Waals surface area contributed by atoms with Gasteiger partial charge in [0.25, 0.3) is 5.91 Å². The summed E-state index contributed by atoms with van der Waals surface area (Å²) >= 11 is 1.62. The van der Waals surface area contributed by atoms with E-state index in [2.05, 4.69) is 13.8 Å². The Morgan fingerprint density at radius 3 is 2.68 bits per heavy atom. The van der Waals surface area contributed by atoms with E-state index >= 15 is 0 Å². The van der Waals surface area contributed by atoms with Gasteiger partial charge in [0.15, 0.2) is 0 Å². The van der Waals surface area contributed by atoms with Crippen molar-refractivity contribution in [2.45, 2.75) is 39.3 Å². The number of rotatable bonds is 4. The maximum atomic E-state index is 12.7. The summed E-state index contributed by atoms with van der Waals surface area (Å²) in [4.78, 5) is 17.2. The topological polar surface area (TPSA) is 47.4 Å². The number of hydrogen-bond donors (Lipinski definition) is 1. The van der Waals surface area contributed by atoms with E-state index < -0.39 is 5.54 Å². The number of nitrogens with zero attached hydrogens (tertiary/aromatic N) is 2. The quantitative estimate of drug-likeness (QED) is 0.921. The summed E-state index contributed by atoms with van der Waals surface area (Å²) < 4.78 is 0. The first-order valence-corrected chi connectivity index (χ1v) is 7.41. The van der Waals surface area contributed by atoms with Crippen molar-refractivity contribution < 1.29 is 4.79 Å². The fourth-order valence-corrected chi connectivity index (χ4v) is 3.36. The summed E-state index contributed by atoms with van der Waals surface area (Å²) in [6, 6.07) is 3.98. The molecule has 4 nitrogen and oxygen atoms in total. The Morgan fingerprint density at radius 2 is 2.16 bits per heavy atom. The van der Waals surface area contributed by atoms with Gasteiger partial charge in [-0.05, 0) is 30.7 Å². The summed E-state index contributed by atoms with van der Waals surface area (Å²) in [7, 11) is 1.84. The first-order chi connectivity index (χ1) is 8.86. The predicted molar refractivity (Wildman–Crippen MR) is 78.2 cm³/mol. The molecule has 1 amide bonds. The molecule has 5 heteroatoms. The van der Waals surface area contributed by atoms with E-state index in [1.54, 1.807) is 16.2 Å². The van der Waals surface area contributed by atoms with Crippen LogP contribution in [-0.2, 0) is 11.3 Å². The molecule has 2 heterocycles. The van der Waals surface area contributed by atoms with E-state index in [1.807, 2.05) is 36.4 Å². The van der Waals surface area contributed by atoms with Crippen LogP contribution < -0.4 is 0 Å². The van der Waals surface area contributed by atoms with Crippen LogP contribution >= 0.6 is 11.3 Å². The molecule has 2 rings (SSSR count). The van der Waals surface area contributed by atoms with Crippen molar-refractivity contribution in [3.05, 3.63) is 22.4 Å². The average molecular weight is 279 g/mol. The Balaban J connectivity index is 2.23. The maximum absolute atomic E-state index is 12.7. The van der Waals surface area contributed by atoms with E-state index in [1.165, 1.54) is 0 Å². The highest BCUT2D eigenvalue weighted by molar-refractivity contribution is 7.09. The van der Waals surface area contributed by atoms with Crippen LogP contribution in [-0.4, -0.2) is 34.3 Å². The van der Waals surface area contributed by atoms with Gasteiger partial charge in [0.1, 0.15) is 5.54 Å². The Bertz CT molecular complexity index is 483. The highest BCUT2D eigenvalue weighted by Crippen LogP contribution is 2.33. The molecule has 0 aliphatic carbocycles. The van der Waals surface area contributed by atoms with Crippen molar-refractivity contribution >= 4 is 23.2 Å². The molecule has 0 radical (unpaired) electrons. The minimum absolute atomic E-state index is 0.0436. The van der Waals surface area contributed by atoms with Crippen molar-refractivity contribution in [2.24, 2.45) is 5.92 Å². The van der Waals surface area contributed by atoms with Crippen LogP contribution in [0.1, 0.15) is 32.1 Å². The van der Waals surface area contributed by atoms with Gasteiger partial charge in [-0.25, -0.2) is 0 Å². The molecule has 1 saturated heterocycles. The Kier molecular flexibility index (Phi) is 3.67. The Morgan fingerprint density at radius 1 is 1.47 bits per heavy atom. The number of nitrogens with one attached hydrogen (secondary N) is 1. The summed E-state index contributed by atoms with van der Waals surface area (Å²) in [6.07, 6.45) is 0.769. The molecule has 0 saturated carbocycles. The summed E-state index contributed by atoms with van der Waals surface area (Å²) in [5.41, 5.74) is -0.581. The summed E-state index contributed by atoms with van der Waals surface area (Å²) in [6.45, 7) is 6.67. The van der Waals surface area contributed by atoms with Crippen molar-refractivity contribution in [1.82, 2.24) is 9.80 Å². The number of amides is 1. The highest BCUT2D eigenvalue weighted by atomic mass is 32.1. The standard InChI is InChI=1S/C14H21N3OS/c1-10(2)8-14(3)12(18)17(13(15)16(14)4)9-11-6-5-7-19-11/h5-7,10,15H,8-9H2,1-4H3. The normalized spacial score (nSPS) is 23.8. The molecular formula is C14H21N3OS. The SMILES string of the molecule is CC(C)CC1(C)C(=O)N(Cc2cccs2)C(=N)N1C. The molecule has 1 aliphatic heterocycles. The predicted octanol–water partition coefficient (Wildman–Crippen LogP) is 2.76. The number of carbonyl (C=O) groups excluding carboxylic acids is 1. The minimum Gasteiger partial charge on any atom is -0.331 e. The van der Waals surface area contributed by atoms with E-state index in [0.29, 0.717) is 18.4 Å². The molecule has 1 fully saturated rings. The van der Waals surface area contributed by atoms with E-state index in [-0.39, 0.29) is 5.91 Å². The van der Waals surface area contributed by atoms with E-state index in [0.717, 1.165) is 11.3 Å². The van der Waals surface area contributed by atoms with Gasteiger partial charge in [-0.1, -0.05) is 19.9 Å². The third-order valence-corrected chi connectivity index (χ3v) is 4.58. The van der Waals surface area contributed by atoms with Gasteiger partial charge in [0.2, 0.25) is 5.96 Å². The van der Waals surface area contributed by atoms with Gasteiger partial charge in [-0.3, -0.25) is 15.1 Å². The molecule has 1 atom stereocenters. The van der Waals surface area contributed by atoms with Crippen molar-refractivity contribution in [3.8, 4) is 0 Å². The zero-order valence-electron chi connectivity index (χ0n) is 11.9. The van der Waals surface area contributed by atoms with Crippen molar-refractivity contribution in [2.75, 3.05) is 7.05 Å². The van der Waals surface area contributed by atoms with Gasteiger partial charge < -0.3 is 4.90 Å². The van der Waals surface area contributed by atoms with Gasteiger partial charge in [-0.2, -0.15) is 0 Å². The largest absolute Gasteiger partial charge is 0.331 e. The number of carbonyl (C=O) groups is 1. The Hall–Kier alpha value is -1.36. The number of thiophene rings is 1. The average Bonchev–Trinajstić information content (AvgIpc) is 2.89. The molecule has 19 heavy (non-hydrogen) atoms. The second-order valence-corrected chi connectivity index (χ2v) is 6.76. The molecule has 1 aromatic heterocycles. The van der Waals surface area contributed by atoms with Crippen LogP contribution in [0.2, 0.25) is 0 Å². The monoisotopic (exact) mass is 279 g/mol. The molecule has 0 spiro atoms. The van der Waals surface area contributed by atoms with Gasteiger partial charge in [-0.15, -0.1) is 11.3 Å². The van der Waals surface area contributed by atoms with Gasteiger partial charge in [0.05, 0.1) is 6.54 Å². The third kappa shape index (κ3) is 2.39. The summed E-state index contributed by atoms with van der Waals surface area (Å²) in [5.74, 6) is 0.773. The van der Waals surface area contributed by atoms with E-state index in [9.17, 15) is 4.79 Å². The number of likely N-dealkylation sites (N-methyl/N-ethyl adjacent to an activating group) is 1. The number of hydrogen-bond acceptors (Lipinski definition) is 3. The lowest BCUT2D eigenvalue weighted by Gasteiger charge is -2.30. The zero-order chi connectivity index (χ0) is 14.2. The minimum atomic E-state index is -0.581. The first-order valence-electron chi connectivity index (χ1n) is 6.53. The summed E-state index contributed by atoms with van der Waals surface area (Å²) in [5, 5.41) is 10.2. The van der Waals surface area contributed by atoms with Crippen molar-refractivity contribution in [1.29, 1.82) is 5.41 Å². The lowest BCUT2D eigenvalue weighted by molar-refractivity contribution is -0.133. The van der Waals surface area contributed by atoms with Gasteiger partial charge in [0, 0.05) is 11.9 Å². The fraction of sp³-hybridized carbons (Fsp3) is 0.571. The number of guanidine groups is 1. The molecule has 104 valence electrons. The van der Waals surface area contributed by atoms with Crippen LogP contribution in [0.4, 0.5) is 0 Å². The molecule has 1 unspecified atom stereocenters. The van der Waals surface area contributed by atoms with Crippen molar-refractivity contribution in [3.63, 3.8) is 0 Å². The molecule has 0 aromatic carbocycles. The van der Waals surface area contributed by atoms with E-state index in [4.69, 9.17) is 5.41 Å². The van der Waals surface area contributed by atoms with Crippen LogP contribution in [0.3, 0.4) is 0 Å². The molecular weight excluding hydrogens is 258 g/mol. The molecule has 0 bridgehead atoms. The highest BCUT2D eigenvalue weighted by Gasteiger charge is 2.50. The third-order valence-electron chi connectivity index (χ3n) is 3.72. The zero-order valence-corrected chi connectivity index (χ0v) is 12.8. The lowest BCUT2D eigenvalue weighted by atomic mass is 9.89. The lowest BCUT2D eigenvalue weighted by Crippen LogP contribution is -2.46. The molecule has 1 aliphatic rings. The Labute approximate surface area is 118 Å². The van der Waals surface area contributed by atoms with Crippen LogP contribution in [0.5, 0.6) is 0 Å². The molecule has 1 N–H and O–H groups in total. The van der Waals surface area contributed by atoms with Crippen LogP contribution in [0, 0.1) is 11.3 Å². The first kappa shape index (κ1) is 14.1. The second kappa shape index (κ2) is 4.96. The van der Waals surface area contributed by atoms with Crippen LogP contribution in [0.15, 0.2) is 17.5 Å². The van der Waals surface area contributed by atoms with Crippen LogP contribution in [0.25, 0.3) is 0 Å².